The average molecular weight is 495 g/mol. The Kier molecular flexibility index (Phi) is 7.01. The first-order valence-corrected chi connectivity index (χ1v) is 12.2. The smallest absolute Gasteiger partial charge is 0.263 e. The van der Waals surface area contributed by atoms with Gasteiger partial charge in [0.1, 0.15) is 18.8 Å². The molecule has 2 aromatic carbocycles. The van der Waals surface area contributed by atoms with Gasteiger partial charge in [0.25, 0.3) is 0 Å². The van der Waals surface area contributed by atoms with Crippen LogP contribution in [0.5, 0.6) is 0 Å². The SMILES string of the molecule is C[C@H]1C(C(=O)N[N+]2(C)CCCCCC2)=NN(c2ccc(Cl)cc2Cl)[C@@H]1c1ccc(Cl)cc1. The van der Waals surface area contributed by atoms with E-state index < -0.39 is 0 Å². The number of nitrogens with zero attached hydrogens (tertiary/aromatic N) is 3. The van der Waals surface area contributed by atoms with E-state index in [1.807, 2.05) is 42.3 Å². The van der Waals surface area contributed by atoms with Crippen LogP contribution < -0.4 is 10.4 Å². The molecule has 1 amide bonds. The van der Waals surface area contributed by atoms with E-state index in [1.54, 1.807) is 12.1 Å². The highest BCUT2D eigenvalue weighted by molar-refractivity contribution is 6.40. The number of hydrogen-bond acceptors (Lipinski definition) is 3. The van der Waals surface area contributed by atoms with Crippen molar-refractivity contribution >= 4 is 52.1 Å². The van der Waals surface area contributed by atoms with Crippen molar-refractivity contribution in [3.05, 3.63) is 63.1 Å². The minimum Gasteiger partial charge on any atom is -0.263 e. The van der Waals surface area contributed by atoms with Gasteiger partial charge in [0.2, 0.25) is 0 Å². The first-order chi connectivity index (χ1) is 15.3. The first-order valence-electron chi connectivity index (χ1n) is 11.0. The van der Waals surface area contributed by atoms with Crippen molar-refractivity contribution in [2.24, 2.45) is 11.0 Å². The van der Waals surface area contributed by atoms with Crippen molar-refractivity contribution in [2.75, 3.05) is 25.1 Å². The third-order valence-electron chi connectivity index (χ3n) is 6.41. The molecule has 0 radical (unpaired) electrons. The summed E-state index contributed by atoms with van der Waals surface area (Å²) in [5.41, 5.74) is 5.47. The van der Waals surface area contributed by atoms with E-state index in [9.17, 15) is 4.79 Å². The molecule has 2 aliphatic heterocycles. The fourth-order valence-corrected chi connectivity index (χ4v) is 5.27. The van der Waals surface area contributed by atoms with Gasteiger partial charge in [0, 0.05) is 16.0 Å². The third-order valence-corrected chi connectivity index (χ3v) is 7.20. The summed E-state index contributed by atoms with van der Waals surface area (Å²) in [7, 11) is 2.09. The van der Waals surface area contributed by atoms with Gasteiger partial charge in [-0.1, -0.05) is 53.9 Å². The molecule has 0 spiro atoms. The highest BCUT2D eigenvalue weighted by atomic mass is 35.5. The van der Waals surface area contributed by atoms with E-state index >= 15 is 0 Å². The summed E-state index contributed by atoms with van der Waals surface area (Å²) in [5.74, 6) is -0.282. The van der Waals surface area contributed by atoms with Crippen LogP contribution in [0.25, 0.3) is 0 Å². The molecule has 0 aromatic heterocycles. The molecule has 4 rings (SSSR count). The number of hydrogen-bond donors (Lipinski definition) is 1. The lowest BCUT2D eigenvalue weighted by molar-refractivity contribution is -0.942. The Morgan fingerprint density at radius 1 is 1.00 bits per heavy atom. The Bertz CT molecular complexity index is 1020. The minimum atomic E-state index is -0.193. The summed E-state index contributed by atoms with van der Waals surface area (Å²) < 4.78 is 0.540. The van der Waals surface area contributed by atoms with E-state index in [0.29, 0.717) is 31.1 Å². The normalized spacial score (nSPS) is 22.9. The van der Waals surface area contributed by atoms with Gasteiger partial charge >= 0.3 is 5.91 Å². The Hall–Kier alpha value is -1.79. The molecule has 32 heavy (non-hydrogen) atoms. The number of likely N-dealkylation sites (tertiary alicyclic amines) is 1. The van der Waals surface area contributed by atoms with E-state index in [2.05, 4.69) is 12.5 Å². The van der Waals surface area contributed by atoms with Crippen molar-refractivity contribution < 1.29 is 9.39 Å². The van der Waals surface area contributed by atoms with Crippen molar-refractivity contribution in [1.29, 1.82) is 0 Å². The number of anilines is 1. The molecule has 170 valence electrons. The van der Waals surface area contributed by atoms with Gasteiger partial charge in [-0.3, -0.25) is 9.80 Å². The number of carbonyl (C=O) groups excluding carboxylic acids is 1. The zero-order valence-electron chi connectivity index (χ0n) is 18.3. The Labute approximate surface area is 204 Å². The number of amides is 1. The highest BCUT2D eigenvalue weighted by Crippen LogP contribution is 2.42. The van der Waals surface area contributed by atoms with Crippen LogP contribution in [0.4, 0.5) is 5.69 Å². The molecule has 0 aliphatic carbocycles. The second-order valence-electron chi connectivity index (χ2n) is 8.91. The van der Waals surface area contributed by atoms with Gasteiger partial charge in [-0.15, -0.1) is 0 Å². The number of halogens is 3. The van der Waals surface area contributed by atoms with E-state index in [1.165, 1.54) is 12.8 Å². The zero-order chi connectivity index (χ0) is 22.9. The average Bonchev–Trinajstić information content (AvgIpc) is 2.93. The summed E-state index contributed by atoms with van der Waals surface area (Å²) in [4.78, 5) is 13.4. The van der Waals surface area contributed by atoms with Crippen LogP contribution in [0.1, 0.15) is 44.2 Å². The molecule has 0 saturated carbocycles. The Balaban J connectivity index is 1.69. The van der Waals surface area contributed by atoms with Crippen LogP contribution in [-0.2, 0) is 4.79 Å². The van der Waals surface area contributed by atoms with Gasteiger partial charge in [-0.05, 0) is 61.6 Å². The number of nitrogens with one attached hydrogen (secondary N) is 1. The lowest BCUT2D eigenvalue weighted by Crippen LogP contribution is -2.59. The molecule has 1 fully saturated rings. The summed E-state index contributed by atoms with van der Waals surface area (Å²) in [5, 5.41) is 8.33. The predicted octanol–water partition coefficient (Wildman–Crippen LogP) is 6.25. The first kappa shape index (κ1) is 23.4. The Morgan fingerprint density at radius 3 is 2.25 bits per heavy atom. The number of rotatable bonds is 4. The number of carbonyl (C=O) groups is 1. The quantitative estimate of drug-likeness (QED) is 0.510. The molecule has 5 nitrogen and oxygen atoms in total. The van der Waals surface area contributed by atoms with Crippen LogP contribution >= 0.6 is 34.8 Å². The third kappa shape index (κ3) is 4.91. The summed E-state index contributed by atoms with van der Waals surface area (Å²) in [6, 6.07) is 12.8. The largest absolute Gasteiger partial charge is 0.312 e. The fraction of sp³-hybridized carbons (Fsp3) is 0.417. The molecule has 0 unspecified atom stereocenters. The van der Waals surface area contributed by atoms with Gasteiger partial charge < -0.3 is 0 Å². The van der Waals surface area contributed by atoms with Gasteiger partial charge in [0.05, 0.1) is 23.8 Å². The van der Waals surface area contributed by atoms with Crippen molar-refractivity contribution in [3.8, 4) is 0 Å². The predicted molar refractivity (Wildman–Crippen MR) is 132 cm³/mol. The fourth-order valence-electron chi connectivity index (χ4n) is 4.64. The molecule has 0 bridgehead atoms. The van der Waals surface area contributed by atoms with Crippen LogP contribution in [0, 0.1) is 5.92 Å². The van der Waals surface area contributed by atoms with Gasteiger partial charge in [0.15, 0.2) is 0 Å². The molecular formula is C24H28Cl3N4O+. The van der Waals surface area contributed by atoms with Gasteiger partial charge in [-0.25, -0.2) is 4.59 Å². The molecule has 2 heterocycles. The van der Waals surface area contributed by atoms with Gasteiger partial charge in [-0.2, -0.15) is 10.5 Å². The lowest BCUT2D eigenvalue weighted by Gasteiger charge is -2.32. The summed E-state index contributed by atoms with van der Waals surface area (Å²) in [6.07, 6.45) is 4.64. The maximum absolute atomic E-state index is 13.4. The highest BCUT2D eigenvalue weighted by Gasteiger charge is 2.42. The second kappa shape index (κ2) is 9.60. The molecular weight excluding hydrogens is 467 g/mol. The molecule has 2 atom stereocenters. The van der Waals surface area contributed by atoms with Crippen molar-refractivity contribution in [2.45, 2.75) is 38.6 Å². The number of hydrazone groups is 1. The summed E-state index contributed by atoms with van der Waals surface area (Å²) in [6.45, 7) is 3.89. The van der Waals surface area contributed by atoms with E-state index in [0.717, 1.165) is 31.5 Å². The van der Waals surface area contributed by atoms with Crippen molar-refractivity contribution in [3.63, 3.8) is 0 Å². The Morgan fingerprint density at radius 2 is 1.62 bits per heavy atom. The van der Waals surface area contributed by atoms with Crippen LogP contribution in [-0.4, -0.2) is 36.3 Å². The minimum absolute atomic E-state index is 0.131. The van der Waals surface area contributed by atoms with E-state index in [4.69, 9.17) is 39.9 Å². The number of quaternary nitrogens is 1. The summed E-state index contributed by atoms with van der Waals surface area (Å²) >= 11 is 18.8. The van der Waals surface area contributed by atoms with Crippen LogP contribution in [0.15, 0.2) is 47.6 Å². The van der Waals surface area contributed by atoms with E-state index in [-0.39, 0.29) is 17.9 Å². The maximum Gasteiger partial charge on any atom is 0.312 e. The molecule has 1 N–H and O–H groups in total. The monoisotopic (exact) mass is 493 g/mol. The molecule has 1 saturated heterocycles. The topological polar surface area (TPSA) is 44.7 Å². The molecule has 2 aliphatic rings. The lowest BCUT2D eigenvalue weighted by atomic mass is 9.91. The molecule has 8 heteroatoms. The standard InChI is InChI=1S/C24H27Cl3N4O/c1-16-22(24(32)29-31(2)13-5-3-4-6-14-31)28-30(21-12-11-19(26)15-20(21)27)23(16)17-7-9-18(25)10-8-17/h7-12,15-16,23H,3-6,13-14H2,1-2H3/p+1/t16-,23-/m0/s1. The van der Waals surface area contributed by atoms with Crippen LogP contribution in [0.2, 0.25) is 15.1 Å². The van der Waals surface area contributed by atoms with Crippen LogP contribution in [0.3, 0.4) is 0 Å². The maximum atomic E-state index is 13.4. The zero-order valence-corrected chi connectivity index (χ0v) is 20.6. The van der Waals surface area contributed by atoms with Crippen molar-refractivity contribution in [1.82, 2.24) is 5.43 Å². The second-order valence-corrected chi connectivity index (χ2v) is 10.2. The number of benzene rings is 2. The molecule has 2 aromatic rings.